The Labute approximate surface area is 212 Å². The lowest BCUT2D eigenvalue weighted by Gasteiger charge is -2.19. The van der Waals surface area contributed by atoms with Crippen molar-refractivity contribution in [3.63, 3.8) is 0 Å². The molecular weight excluding hydrogens is 482 g/mol. The number of aromatic hydroxyl groups is 1. The highest BCUT2D eigenvalue weighted by atomic mass is 16.3. The van der Waals surface area contributed by atoms with Crippen molar-refractivity contribution < 1.29 is 29.7 Å². The summed E-state index contributed by atoms with van der Waals surface area (Å²) in [5.74, 6) is 3.36. The van der Waals surface area contributed by atoms with Gasteiger partial charge >= 0.3 is 0 Å². The minimum absolute atomic E-state index is 0.0557. The second kappa shape index (κ2) is 13.4. The zero-order valence-corrected chi connectivity index (χ0v) is 20.2. The summed E-state index contributed by atoms with van der Waals surface area (Å²) >= 11 is 0. The van der Waals surface area contributed by atoms with Crippen LogP contribution in [-0.4, -0.2) is 89.0 Å². The molecule has 13 nitrogen and oxygen atoms in total. The number of ketones is 1. The van der Waals surface area contributed by atoms with E-state index in [4.69, 9.17) is 15.3 Å². The number of phenols is 1. The normalized spacial score (nSPS) is 11.5. The van der Waals surface area contributed by atoms with E-state index in [1.807, 2.05) is 22.9 Å². The van der Waals surface area contributed by atoms with Crippen molar-refractivity contribution >= 4 is 34.6 Å². The van der Waals surface area contributed by atoms with Gasteiger partial charge in [-0.05, 0) is 18.2 Å². The van der Waals surface area contributed by atoms with Crippen LogP contribution in [0.4, 0.5) is 5.69 Å². The summed E-state index contributed by atoms with van der Waals surface area (Å²) in [5.41, 5.74) is 5.24. The number of nitrogens with two attached hydrogens (primary N) is 1. The van der Waals surface area contributed by atoms with Crippen molar-refractivity contribution in [2.45, 2.75) is 6.54 Å². The average molecular weight is 514 g/mol. The molecule has 198 valence electrons. The summed E-state index contributed by atoms with van der Waals surface area (Å²) in [6.45, 7) is 3.57. The number of amides is 1. The molecule has 0 fully saturated rings. The van der Waals surface area contributed by atoms with Crippen LogP contribution in [0.1, 0.15) is 15.9 Å². The summed E-state index contributed by atoms with van der Waals surface area (Å²) in [6, 6.07) is 8.87. The number of carbonyl (C=O) groups excluding carboxylic acids is 3. The molecule has 1 amide bonds. The summed E-state index contributed by atoms with van der Waals surface area (Å²) in [5, 5.41) is 43.4. The largest absolute Gasteiger partial charge is 0.507 e. The number of anilines is 1. The van der Waals surface area contributed by atoms with Gasteiger partial charge in [0.05, 0.1) is 36.4 Å². The van der Waals surface area contributed by atoms with Gasteiger partial charge in [-0.2, -0.15) is 5.10 Å². The van der Waals surface area contributed by atoms with Gasteiger partial charge in [-0.3, -0.25) is 24.5 Å². The number of nitrogens with one attached hydrogen (secondary N) is 4. The van der Waals surface area contributed by atoms with Gasteiger partial charge in [0.1, 0.15) is 11.4 Å². The van der Waals surface area contributed by atoms with Crippen LogP contribution in [-0.2, 0) is 16.1 Å². The van der Waals surface area contributed by atoms with Crippen LogP contribution in [0.3, 0.4) is 0 Å². The first-order valence-corrected chi connectivity index (χ1v) is 11.7. The lowest BCUT2D eigenvalue weighted by molar-refractivity contribution is -0.131. The van der Waals surface area contributed by atoms with Crippen LogP contribution in [0.5, 0.6) is 5.75 Å². The molecular formula is C24H31N7O6. The van der Waals surface area contributed by atoms with Crippen molar-refractivity contribution in [1.82, 2.24) is 25.8 Å². The molecule has 0 spiro atoms. The first-order chi connectivity index (χ1) is 18.0. The molecule has 1 aliphatic carbocycles. The summed E-state index contributed by atoms with van der Waals surface area (Å²) in [6.07, 6.45) is 0.0972. The van der Waals surface area contributed by atoms with E-state index >= 15 is 0 Å². The second-order valence-electron chi connectivity index (χ2n) is 7.98. The minimum atomic E-state index is -0.810. The molecule has 9 N–H and O–H groups in total. The number of aldehydes is 1. The van der Waals surface area contributed by atoms with Crippen LogP contribution in [0.25, 0.3) is 22.2 Å². The fourth-order valence-corrected chi connectivity index (χ4v) is 4.03. The molecule has 2 aromatic carbocycles. The van der Waals surface area contributed by atoms with Crippen LogP contribution < -0.4 is 27.2 Å². The van der Waals surface area contributed by atoms with Gasteiger partial charge in [-0.1, -0.05) is 12.1 Å². The smallest absolute Gasteiger partial charge is 0.297 e. The third-order valence-electron chi connectivity index (χ3n) is 5.61. The van der Waals surface area contributed by atoms with Crippen molar-refractivity contribution in [3.05, 3.63) is 41.5 Å². The predicted octanol–water partition coefficient (Wildman–Crippen LogP) is -1.30. The predicted molar refractivity (Wildman–Crippen MR) is 137 cm³/mol. The summed E-state index contributed by atoms with van der Waals surface area (Å²) in [7, 11) is 0. The topological polar surface area (TPSA) is 204 Å². The maximum absolute atomic E-state index is 13.5. The summed E-state index contributed by atoms with van der Waals surface area (Å²) < 4.78 is 1.86. The van der Waals surface area contributed by atoms with E-state index in [1.54, 1.807) is 11.5 Å². The van der Waals surface area contributed by atoms with E-state index in [-0.39, 0.29) is 36.6 Å². The fourth-order valence-electron chi connectivity index (χ4n) is 4.03. The molecule has 0 bridgehead atoms. The SMILES string of the molecule is NNC(=O)C=O.O=C1c2c(O)cccc2-c2nn(CCNCCO)c3ccc(NCCNCCO)c1c23. The first-order valence-electron chi connectivity index (χ1n) is 11.7. The Morgan fingerprint density at radius 2 is 1.73 bits per heavy atom. The molecule has 37 heavy (non-hydrogen) atoms. The third kappa shape index (κ3) is 6.28. The van der Waals surface area contributed by atoms with Gasteiger partial charge in [-0.25, -0.2) is 5.84 Å². The Bertz CT molecular complexity index is 1260. The molecule has 0 radical (unpaired) electrons. The zero-order chi connectivity index (χ0) is 26.8. The standard InChI is InChI=1S/C22H27N5O4.C2H4N2O2/c28-12-9-23-6-7-25-15-4-5-16-20-19(15)22(31)18-14(2-1-3-17(18)30)21(20)26-27(16)11-8-24-10-13-29;3-4-2(6)1-5/h1-5,23-25,28-30H,6-13H2;1H,3H2,(H,4,6). The lowest BCUT2D eigenvalue weighted by atomic mass is 9.86. The highest BCUT2D eigenvalue weighted by Gasteiger charge is 2.32. The fraction of sp³-hybridized carbons (Fsp3) is 0.333. The van der Waals surface area contributed by atoms with E-state index in [1.165, 1.54) is 6.07 Å². The molecule has 13 heteroatoms. The number of nitrogens with zero attached hydrogens (tertiary/aromatic N) is 2. The van der Waals surface area contributed by atoms with Gasteiger partial charge in [0, 0.05) is 49.4 Å². The molecule has 1 aromatic heterocycles. The molecule has 1 heterocycles. The highest BCUT2D eigenvalue weighted by molar-refractivity contribution is 6.28. The molecule has 0 aliphatic heterocycles. The quantitative estimate of drug-likeness (QED) is 0.0279. The molecule has 0 unspecified atom stereocenters. The first kappa shape index (κ1) is 27.7. The van der Waals surface area contributed by atoms with Crippen molar-refractivity contribution in [2.75, 3.05) is 51.3 Å². The van der Waals surface area contributed by atoms with Crippen LogP contribution in [0.2, 0.25) is 0 Å². The van der Waals surface area contributed by atoms with Gasteiger partial charge < -0.3 is 31.3 Å². The maximum Gasteiger partial charge on any atom is 0.297 e. The molecule has 4 rings (SSSR count). The van der Waals surface area contributed by atoms with Gasteiger partial charge in [-0.15, -0.1) is 0 Å². The van der Waals surface area contributed by atoms with E-state index in [0.29, 0.717) is 61.8 Å². The number of carbonyl (C=O) groups is 3. The Balaban J connectivity index is 0.000000568. The number of rotatable bonds is 12. The lowest BCUT2D eigenvalue weighted by Crippen LogP contribution is -2.30. The van der Waals surface area contributed by atoms with Gasteiger partial charge in [0.25, 0.3) is 5.91 Å². The van der Waals surface area contributed by atoms with Gasteiger partial charge in [0.15, 0.2) is 5.78 Å². The molecule has 0 saturated carbocycles. The minimum Gasteiger partial charge on any atom is -0.507 e. The van der Waals surface area contributed by atoms with E-state index in [9.17, 15) is 19.5 Å². The second-order valence-corrected chi connectivity index (χ2v) is 7.98. The van der Waals surface area contributed by atoms with Crippen molar-refractivity contribution in [3.8, 4) is 17.0 Å². The maximum atomic E-state index is 13.5. The Morgan fingerprint density at radius 3 is 2.38 bits per heavy atom. The molecule has 1 aliphatic rings. The molecule has 0 atom stereocenters. The number of fused-ring (bicyclic) bond motifs is 2. The number of benzene rings is 2. The van der Waals surface area contributed by atoms with Crippen molar-refractivity contribution in [1.29, 1.82) is 0 Å². The number of aromatic nitrogens is 2. The Hall–Kier alpha value is -3.88. The average Bonchev–Trinajstić information content (AvgIpc) is 3.28. The summed E-state index contributed by atoms with van der Waals surface area (Å²) in [4.78, 5) is 32.3. The number of aliphatic hydroxyl groups is 2. The van der Waals surface area contributed by atoms with E-state index in [0.717, 1.165) is 10.9 Å². The van der Waals surface area contributed by atoms with Crippen LogP contribution in [0, 0.1) is 0 Å². The number of hydrazine groups is 1. The van der Waals surface area contributed by atoms with Crippen molar-refractivity contribution in [2.24, 2.45) is 5.84 Å². The highest BCUT2D eigenvalue weighted by Crippen LogP contribution is 2.44. The third-order valence-corrected chi connectivity index (χ3v) is 5.61. The van der Waals surface area contributed by atoms with Gasteiger partial charge in [0.2, 0.25) is 6.29 Å². The van der Waals surface area contributed by atoms with E-state index in [2.05, 4.69) is 21.8 Å². The van der Waals surface area contributed by atoms with E-state index < -0.39 is 5.91 Å². The number of hydrogen-bond donors (Lipinski definition) is 8. The number of hydrogen-bond acceptors (Lipinski definition) is 11. The molecule has 3 aromatic rings. The van der Waals surface area contributed by atoms with Crippen LogP contribution >= 0.6 is 0 Å². The monoisotopic (exact) mass is 513 g/mol. The number of aliphatic hydroxyl groups excluding tert-OH is 2. The Morgan fingerprint density at radius 1 is 1.00 bits per heavy atom. The van der Waals surface area contributed by atoms with Crippen LogP contribution in [0.15, 0.2) is 30.3 Å². The zero-order valence-electron chi connectivity index (χ0n) is 20.2. The Kier molecular flexibility index (Phi) is 10.1. The number of phenolic OH excluding ortho intramolecular Hbond substituents is 1. The molecule has 0 saturated heterocycles.